The number of carbonyl (C=O) groups is 1. The van der Waals surface area contributed by atoms with Gasteiger partial charge in [0.15, 0.2) is 0 Å². The quantitative estimate of drug-likeness (QED) is 0.829. The molecule has 5 nitrogen and oxygen atoms in total. The highest BCUT2D eigenvalue weighted by molar-refractivity contribution is 5.94. The Kier molecular flexibility index (Phi) is 7.29. The molecule has 0 aliphatic carbocycles. The molecule has 0 aliphatic heterocycles. The molecule has 1 unspecified atom stereocenters. The van der Waals surface area contributed by atoms with E-state index in [9.17, 15) is 4.79 Å². The Morgan fingerprint density at radius 2 is 1.94 bits per heavy atom. The molecule has 0 radical (unpaired) electrons. The van der Waals surface area contributed by atoms with Gasteiger partial charge in [-0.25, -0.2) is 0 Å². The van der Waals surface area contributed by atoms with Crippen LogP contribution in [0.25, 0.3) is 0 Å². The number of anilines is 1. The Bertz CT molecular complexity index is 339. The molecule has 1 atom stereocenters. The lowest BCUT2D eigenvalue weighted by Crippen LogP contribution is -2.35. The van der Waals surface area contributed by atoms with E-state index in [4.69, 9.17) is 15.2 Å². The van der Waals surface area contributed by atoms with E-state index in [0.717, 1.165) is 5.75 Å². The Hall–Kier alpha value is -1.30. The van der Waals surface area contributed by atoms with Crippen LogP contribution in [0.3, 0.4) is 0 Å². The lowest BCUT2D eigenvalue weighted by Gasteiger charge is -2.13. The number of methoxy groups -OCH3 is 2. The van der Waals surface area contributed by atoms with Gasteiger partial charge >= 0.3 is 0 Å². The van der Waals surface area contributed by atoms with Crippen LogP contribution in [0.15, 0.2) is 24.3 Å². The Balaban J connectivity index is 0.00000256. The van der Waals surface area contributed by atoms with Crippen LogP contribution >= 0.6 is 12.4 Å². The summed E-state index contributed by atoms with van der Waals surface area (Å²) in [6.45, 7) is 0.151. The van der Waals surface area contributed by atoms with Crippen molar-refractivity contribution < 1.29 is 14.3 Å². The normalized spacial score (nSPS) is 11.2. The summed E-state index contributed by atoms with van der Waals surface area (Å²) < 4.78 is 9.92. The summed E-state index contributed by atoms with van der Waals surface area (Å²) >= 11 is 0. The van der Waals surface area contributed by atoms with Crippen molar-refractivity contribution >= 4 is 24.0 Å². The number of nitrogens with one attached hydrogen (secondary N) is 1. The summed E-state index contributed by atoms with van der Waals surface area (Å²) in [6, 6.07) is 7.03. The molecule has 0 saturated carbocycles. The number of ether oxygens (including phenoxy) is 2. The van der Waals surface area contributed by atoms with Crippen LogP contribution in [0.4, 0.5) is 5.69 Å². The third-order valence-electron chi connectivity index (χ3n) is 2.15. The summed E-state index contributed by atoms with van der Waals surface area (Å²) in [5, 5.41) is 2.70. The fraction of sp³-hybridized carbons (Fsp3) is 0.364. The van der Waals surface area contributed by atoms with Gasteiger partial charge in [-0.3, -0.25) is 4.79 Å². The Morgan fingerprint density at radius 1 is 1.35 bits per heavy atom. The number of hydrogen-bond acceptors (Lipinski definition) is 4. The highest BCUT2D eigenvalue weighted by Crippen LogP contribution is 2.15. The molecule has 1 aromatic rings. The second-order valence-electron chi connectivity index (χ2n) is 3.18. The fourth-order valence-corrected chi connectivity index (χ4v) is 1.21. The molecule has 1 amide bonds. The topological polar surface area (TPSA) is 73.6 Å². The maximum absolute atomic E-state index is 11.6. The largest absolute Gasteiger partial charge is 0.497 e. The van der Waals surface area contributed by atoms with Gasteiger partial charge in [0, 0.05) is 19.3 Å². The average Bonchev–Trinajstić information content (AvgIpc) is 2.31. The van der Waals surface area contributed by atoms with Crippen molar-refractivity contribution in [3.05, 3.63) is 24.3 Å². The van der Waals surface area contributed by atoms with Crippen molar-refractivity contribution in [1.29, 1.82) is 0 Å². The van der Waals surface area contributed by atoms with Gasteiger partial charge in [-0.05, 0) is 24.3 Å². The summed E-state index contributed by atoms with van der Waals surface area (Å²) in [7, 11) is 3.04. The number of amides is 1. The molecule has 0 aliphatic rings. The number of carbonyl (C=O) groups excluding carboxylic acids is 1. The van der Waals surface area contributed by atoms with Gasteiger partial charge in [0.25, 0.3) is 5.91 Å². The molecule has 1 rings (SSSR count). The van der Waals surface area contributed by atoms with Gasteiger partial charge in [-0.2, -0.15) is 0 Å². The number of halogens is 1. The van der Waals surface area contributed by atoms with Crippen LogP contribution in [-0.2, 0) is 9.53 Å². The summed E-state index contributed by atoms with van der Waals surface area (Å²) in [5.41, 5.74) is 6.06. The van der Waals surface area contributed by atoms with Gasteiger partial charge in [0.1, 0.15) is 11.9 Å². The first-order valence-electron chi connectivity index (χ1n) is 4.89. The van der Waals surface area contributed by atoms with Crippen molar-refractivity contribution in [2.24, 2.45) is 5.73 Å². The molecule has 0 saturated heterocycles. The zero-order valence-corrected chi connectivity index (χ0v) is 10.6. The van der Waals surface area contributed by atoms with Crippen molar-refractivity contribution in [2.75, 3.05) is 26.1 Å². The molecule has 0 aromatic heterocycles. The second kappa shape index (κ2) is 7.89. The van der Waals surface area contributed by atoms with Crippen LogP contribution in [0.2, 0.25) is 0 Å². The van der Waals surface area contributed by atoms with Crippen molar-refractivity contribution in [1.82, 2.24) is 0 Å². The van der Waals surface area contributed by atoms with Gasteiger partial charge in [-0.15, -0.1) is 12.4 Å². The van der Waals surface area contributed by atoms with Crippen molar-refractivity contribution in [2.45, 2.75) is 6.10 Å². The highest BCUT2D eigenvalue weighted by atomic mass is 35.5. The van der Waals surface area contributed by atoms with Crippen LogP contribution in [0.5, 0.6) is 5.75 Å². The molecule has 6 heteroatoms. The molecule has 0 fully saturated rings. The number of hydrogen-bond donors (Lipinski definition) is 2. The molecule has 0 bridgehead atoms. The molecule has 17 heavy (non-hydrogen) atoms. The molecular formula is C11H17ClN2O3. The van der Waals surface area contributed by atoms with E-state index in [0.29, 0.717) is 5.69 Å². The number of nitrogens with two attached hydrogens (primary N) is 1. The first kappa shape index (κ1) is 15.7. The molecule has 0 spiro atoms. The predicted molar refractivity (Wildman–Crippen MR) is 68.7 cm³/mol. The zero-order valence-electron chi connectivity index (χ0n) is 9.80. The lowest BCUT2D eigenvalue weighted by molar-refractivity contribution is -0.125. The van der Waals surface area contributed by atoms with Gasteiger partial charge in [0.05, 0.1) is 7.11 Å². The van der Waals surface area contributed by atoms with E-state index in [1.807, 2.05) is 0 Å². The number of benzene rings is 1. The predicted octanol–water partition coefficient (Wildman–Crippen LogP) is 1.03. The SMILES string of the molecule is COc1ccc(NC(=O)C(CN)OC)cc1.Cl. The Morgan fingerprint density at radius 3 is 2.35 bits per heavy atom. The van der Waals surface area contributed by atoms with Crippen LogP contribution in [0, 0.1) is 0 Å². The second-order valence-corrected chi connectivity index (χ2v) is 3.18. The third kappa shape index (κ3) is 4.60. The fourth-order valence-electron chi connectivity index (χ4n) is 1.21. The zero-order chi connectivity index (χ0) is 12.0. The summed E-state index contributed by atoms with van der Waals surface area (Å²) in [6.07, 6.45) is -0.623. The minimum absolute atomic E-state index is 0. The van der Waals surface area contributed by atoms with Crippen molar-refractivity contribution in [3.63, 3.8) is 0 Å². The highest BCUT2D eigenvalue weighted by Gasteiger charge is 2.15. The lowest BCUT2D eigenvalue weighted by atomic mass is 10.2. The van der Waals surface area contributed by atoms with Crippen LogP contribution < -0.4 is 15.8 Å². The van der Waals surface area contributed by atoms with E-state index in [1.54, 1.807) is 31.4 Å². The van der Waals surface area contributed by atoms with Crippen LogP contribution in [-0.4, -0.2) is 32.8 Å². The molecular weight excluding hydrogens is 244 g/mol. The first-order chi connectivity index (χ1) is 7.71. The van der Waals surface area contributed by atoms with E-state index in [2.05, 4.69) is 5.32 Å². The monoisotopic (exact) mass is 260 g/mol. The third-order valence-corrected chi connectivity index (χ3v) is 2.15. The van der Waals surface area contributed by atoms with E-state index in [1.165, 1.54) is 7.11 Å². The minimum atomic E-state index is -0.623. The first-order valence-corrected chi connectivity index (χ1v) is 4.89. The summed E-state index contributed by atoms with van der Waals surface area (Å²) in [5.74, 6) is 0.482. The maximum atomic E-state index is 11.6. The molecule has 3 N–H and O–H groups in total. The minimum Gasteiger partial charge on any atom is -0.497 e. The van der Waals surface area contributed by atoms with Gasteiger partial charge in [-0.1, -0.05) is 0 Å². The Labute approximate surface area is 107 Å². The average molecular weight is 261 g/mol. The maximum Gasteiger partial charge on any atom is 0.254 e. The molecule has 96 valence electrons. The summed E-state index contributed by atoms with van der Waals surface area (Å²) in [4.78, 5) is 11.6. The van der Waals surface area contributed by atoms with E-state index in [-0.39, 0.29) is 24.9 Å². The standard InChI is InChI=1S/C11H16N2O3.ClH/c1-15-9-5-3-8(4-6-9)13-11(14)10(7-12)16-2;/h3-6,10H,7,12H2,1-2H3,(H,13,14);1H. The van der Waals surface area contributed by atoms with E-state index < -0.39 is 6.10 Å². The van der Waals surface area contributed by atoms with Gasteiger partial charge < -0.3 is 20.5 Å². The molecule has 0 heterocycles. The van der Waals surface area contributed by atoms with Crippen molar-refractivity contribution in [3.8, 4) is 5.75 Å². The smallest absolute Gasteiger partial charge is 0.254 e. The molecule has 1 aromatic carbocycles. The van der Waals surface area contributed by atoms with Gasteiger partial charge in [0.2, 0.25) is 0 Å². The van der Waals surface area contributed by atoms with Crippen LogP contribution in [0.1, 0.15) is 0 Å². The number of rotatable bonds is 5. The van der Waals surface area contributed by atoms with E-state index >= 15 is 0 Å².